The molecular formula is C13H25NO3. The molecule has 4 heteroatoms. The Hall–Kier alpha value is -0.610. The lowest BCUT2D eigenvalue weighted by atomic mass is 10.2. The van der Waals surface area contributed by atoms with Gasteiger partial charge in [-0.2, -0.15) is 0 Å². The molecule has 0 saturated heterocycles. The third-order valence-electron chi connectivity index (χ3n) is 2.59. The highest BCUT2D eigenvalue weighted by atomic mass is 16.5. The van der Waals surface area contributed by atoms with Crippen molar-refractivity contribution in [2.75, 3.05) is 19.8 Å². The molecule has 1 unspecified atom stereocenters. The minimum absolute atomic E-state index is 0.146. The van der Waals surface area contributed by atoms with Gasteiger partial charge in [0.2, 0.25) is 0 Å². The zero-order chi connectivity index (χ0) is 12.7. The molecule has 1 aliphatic carbocycles. The lowest BCUT2D eigenvalue weighted by molar-refractivity contribution is -0.146. The largest absolute Gasteiger partial charge is 0.465 e. The maximum absolute atomic E-state index is 11.7. The van der Waals surface area contributed by atoms with Crippen molar-refractivity contribution in [2.24, 2.45) is 5.92 Å². The van der Waals surface area contributed by atoms with E-state index < -0.39 is 0 Å². The van der Waals surface area contributed by atoms with Crippen molar-refractivity contribution in [3.8, 4) is 0 Å². The lowest BCUT2D eigenvalue weighted by Crippen LogP contribution is -2.40. The number of hydrogen-bond acceptors (Lipinski definition) is 4. The van der Waals surface area contributed by atoms with Gasteiger partial charge < -0.3 is 14.8 Å². The van der Waals surface area contributed by atoms with Crippen LogP contribution in [0.2, 0.25) is 0 Å². The molecule has 0 radical (unpaired) electrons. The summed E-state index contributed by atoms with van der Waals surface area (Å²) < 4.78 is 10.6. The van der Waals surface area contributed by atoms with E-state index in [0.29, 0.717) is 31.6 Å². The highest BCUT2D eigenvalue weighted by Crippen LogP contribution is 2.20. The lowest BCUT2D eigenvalue weighted by Gasteiger charge is -2.17. The molecule has 17 heavy (non-hydrogen) atoms. The van der Waals surface area contributed by atoms with Gasteiger partial charge in [0.1, 0.15) is 6.04 Å². The molecule has 0 heterocycles. The third-order valence-corrected chi connectivity index (χ3v) is 2.59. The van der Waals surface area contributed by atoms with Crippen LogP contribution < -0.4 is 5.32 Å². The molecule has 0 aromatic rings. The van der Waals surface area contributed by atoms with Crippen LogP contribution in [0.5, 0.6) is 0 Å². The summed E-state index contributed by atoms with van der Waals surface area (Å²) in [6, 6.07) is 0.309. The normalized spacial score (nSPS) is 17.2. The molecule has 0 bridgehead atoms. The van der Waals surface area contributed by atoms with Crippen LogP contribution in [-0.4, -0.2) is 37.9 Å². The number of carbonyl (C=O) groups excluding carboxylic acids is 1. The Bertz CT molecular complexity index is 227. The first kappa shape index (κ1) is 14.5. The number of nitrogens with one attached hydrogen (secondary N) is 1. The highest BCUT2D eigenvalue weighted by molar-refractivity contribution is 5.75. The van der Waals surface area contributed by atoms with Crippen molar-refractivity contribution in [2.45, 2.75) is 52.1 Å². The molecule has 0 aromatic carbocycles. The second-order valence-electron chi connectivity index (χ2n) is 5.00. The van der Waals surface area contributed by atoms with Gasteiger partial charge in [0, 0.05) is 19.3 Å². The summed E-state index contributed by atoms with van der Waals surface area (Å²) in [4.78, 5) is 11.7. The topological polar surface area (TPSA) is 47.6 Å². The Labute approximate surface area is 104 Å². The zero-order valence-corrected chi connectivity index (χ0v) is 11.2. The Morgan fingerprint density at radius 1 is 1.41 bits per heavy atom. The molecule has 1 fully saturated rings. The van der Waals surface area contributed by atoms with E-state index in [1.165, 1.54) is 12.8 Å². The number of hydrogen-bond donors (Lipinski definition) is 1. The van der Waals surface area contributed by atoms with Gasteiger partial charge in [0.15, 0.2) is 0 Å². The van der Waals surface area contributed by atoms with Gasteiger partial charge in [0.05, 0.1) is 6.61 Å². The van der Waals surface area contributed by atoms with E-state index in [2.05, 4.69) is 19.2 Å². The molecule has 1 atom stereocenters. The van der Waals surface area contributed by atoms with Gasteiger partial charge in [-0.25, -0.2) is 0 Å². The second-order valence-corrected chi connectivity index (χ2v) is 5.00. The molecule has 100 valence electrons. The van der Waals surface area contributed by atoms with Crippen molar-refractivity contribution in [1.82, 2.24) is 5.32 Å². The van der Waals surface area contributed by atoms with Gasteiger partial charge >= 0.3 is 5.97 Å². The van der Waals surface area contributed by atoms with Crippen LogP contribution in [0.3, 0.4) is 0 Å². The van der Waals surface area contributed by atoms with E-state index >= 15 is 0 Å². The summed E-state index contributed by atoms with van der Waals surface area (Å²) in [6.07, 6.45) is 3.04. The third kappa shape index (κ3) is 6.64. The van der Waals surface area contributed by atoms with Crippen molar-refractivity contribution >= 4 is 5.97 Å². The summed E-state index contributed by atoms with van der Waals surface area (Å²) in [5, 5.41) is 3.31. The van der Waals surface area contributed by atoms with Crippen molar-refractivity contribution in [1.29, 1.82) is 0 Å². The molecule has 4 nitrogen and oxygen atoms in total. The first-order chi connectivity index (χ1) is 8.13. The SMILES string of the molecule is CCOC(=O)C(CCOCC(C)C)NC1CC1. The van der Waals surface area contributed by atoms with Gasteiger partial charge in [0.25, 0.3) is 0 Å². The summed E-state index contributed by atoms with van der Waals surface area (Å²) in [5.74, 6) is 0.389. The standard InChI is InChI=1S/C13H25NO3/c1-4-17-13(15)12(14-11-5-6-11)7-8-16-9-10(2)3/h10-12,14H,4-9H2,1-3H3. The Morgan fingerprint density at radius 3 is 2.65 bits per heavy atom. The van der Waals surface area contributed by atoms with Gasteiger partial charge in [-0.15, -0.1) is 0 Å². The van der Waals surface area contributed by atoms with Crippen LogP contribution in [0.1, 0.15) is 40.0 Å². The highest BCUT2D eigenvalue weighted by Gasteiger charge is 2.28. The van der Waals surface area contributed by atoms with E-state index in [9.17, 15) is 4.79 Å². The van der Waals surface area contributed by atoms with Crippen molar-refractivity contribution < 1.29 is 14.3 Å². The van der Waals surface area contributed by atoms with Gasteiger partial charge in [-0.1, -0.05) is 13.8 Å². The van der Waals surface area contributed by atoms with Crippen LogP contribution in [0.25, 0.3) is 0 Å². The minimum Gasteiger partial charge on any atom is -0.465 e. The fourth-order valence-electron chi connectivity index (χ4n) is 1.57. The number of rotatable bonds is 9. The van der Waals surface area contributed by atoms with Crippen LogP contribution in [0.15, 0.2) is 0 Å². The second kappa shape index (κ2) is 7.67. The Morgan fingerprint density at radius 2 is 2.12 bits per heavy atom. The fraction of sp³-hybridized carbons (Fsp3) is 0.923. The van der Waals surface area contributed by atoms with E-state index in [4.69, 9.17) is 9.47 Å². The smallest absolute Gasteiger partial charge is 0.323 e. The molecule has 0 aliphatic heterocycles. The maximum Gasteiger partial charge on any atom is 0.323 e. The summed E-state index contributed by atoms with van der Waals surface area (Å²) in [5.41, 5.74) is 0. The number of esters is 1. The predicted molar refractivity (Wildman–Crippen MR) is 66.9 cm³/mol. The summed E-state index contributed by atoms with van der Waals surface area (Å²) >= 11 is 0. The van der Waals surface area contributed by atoms with Crippen LogP contribution in [0.4, 0.5) is 0 Å². The van der Waals surface area contributed by atoms with E-state index in [1.54, 1.807) is 0 Å². The number of carbonyl (C=O) groups is 1. The molecule has 1 saturated carbocycles. The minimum atomic E-state index is -0.199. The first-order valence-electron chi connectivity index (χ1n) is 6.64. The van der Waals surface area contributed by atoms with Crippen molar-refractivity contribution in [3.63, 3.8) is 0 Å². The molecule has 0 aromatic heterocycles. The van der Waals surface area contributed by atoms with Gasteiger partial charge in [-0.3, -0.25) is 4.79 Å². The molecule has 0 amide bonds. The van der Waals surface area contributed by atoms with E-state index in [-0.39, 0.29) is 12.0 Å². The van der Waals surface area contributed by atoms with Gasteiger partial charge in [-0.05, 0) is 32.1 Å². The molecule has 1 N–H and O–H groups in total. The number of ether oxygens (including phenoxy) is 2. The van der Waals surface area contributed by atoms with Crippen LogP contribution in [-0.2, 0) is 14.3 Å². The molecule has 1 rings (SSSR count). The van der Waals surface area contributed by atoms with Crippen LogP contribution in [0, 0.1) is 5.92 Å². The summed E-state index contributed by atoms with van der Waals surface area (Å²) in [6.45, 7) is 7.87. The molecular weight excluding hydrogens is 218 g/mol. The average molecular weight is 243 g/mol. The van der Waals surface area contributed by atoms with Crippen molar-refractivity contribution in [3.05, 3.63) is 0 Å². The van der Waals surface area contributed by atoms with E-state index in [0.717, 1.165) is 6.61 Å². The first-order valence-corrected chi connectivity index (χ1v) is 6.64. The zero-order valence-electron chi connectivity index (χ0n) is 11.2. The Balaban J connectivity index is 2.21. The molecule has 1 aliphatic rings. The maximum atomic E-state index is 11.7. The fourth-order valence-corrected chi connectivity index (χ4v) is 1.57. The Kier molecular flexibility index (Phi) is 6.52. The molecule has 0 spiro atoms. The van der Waals surface area contributed by atoms with Crippen LogP contribution >= 0.6 is 0 Å². The predicted octanol–water partition coefficient (Wildman–Crippen LogP) is 1.73. The monoisotopic (exact) mass is 243 g/mol. The van der Waals surface area contributed by atoms with E-state index in [1.807, 2.05) is 6.92 Å². The quantitative estimate of drug-likeness (QED) is 0.495. The average Bonchev–Trinajstić information content (AvgIpc) is 3.06. The summed E-state index contributed by atoms with van der Waals surface area (Å²) in [7, 11) is 0.